The monoisotopic (exact) mass is 431 g/mol. The molecule has 0 aliphatic heterocycles. The molecule has 6 nitrogen and oxygen atoms in total. The Morgan fingerprint density at radius 3 is 2.45 bits per heavy atom. The van der Waals surface area contributed by atoms with Gasteiger partial charge in [-0.15, -0.1) is 11.3 Å². The molecule has 1 aromatic heterocycles. The molecule has 8 heteroatoms. The number of halogens is 1. The van der Waals surface area contributed by atoms with Gasteiger partial charge in [0, 0.05) is 28.2 Å². The van der Waals surface area contributed by atoms with E-state index in [1.165, 1.54) is 11.3 Å². The Morgan fingerprint density at radius 1 is 1.17 bits per heavy atom. The lowest BCUT2D eigenvalue weighted by molar-refractivity contribution is 0.257. The fourth-order valence-electron chi connectivity index (χ4n) is 2.86. The minimum atomic E-state index is -0.250. The number of anilines is 2. The van der Waals surface area contributed by atoms with E-state index < -0.39 is 0 Å². The number of aromatic nitrogens is 1. The first kappa shape index (κ1) is 21.0. The fraction of sp³-hybridized carbons (Fsp3) is 0.238. The van der Waals surface area contributed by atoms with Crippen LogP contribution in [0.3, 0.4) is 0 Å². The fourth-order valence-corrected chi connectivity index (χ4v) is 3.87. The van der Waals surface area contributed by atoms with Gasteiger partial charge in [0.1, 0.15) is 0 Å². The van der Waals surface area contributed by atoms with Crippen LogP contribution in [-0.2, 0) is 0 Å². The molecule has 0 saturated carbocycles. The molecule has 2 aromatic carbocycles. The summed E-state index contributed by atoms with van der Waals surface area (Å²) in [6.07, 6.45) is 0. The number of thiazole rings is 1. The largest absolute Gasteiger partial charge is 0.493 e. The molecule has 1 heterocycles. The summed E-state index contributed by atoms with van der Waals surface area (Å²) in [5, 5.41) is 6.03. The summed E-state index contributed by atoms with van der Waals surface area (Å²) in [5.41, 5.74) is 3.39. The minimum absolute atomic E-state index is 0.250. The molecular weight excluding hydrogens is 410 g/mol. The lowest BCUT2D eigenvalue weighted by atomic mass is 10.1. The van der Waals surface area contributed by atoms with Crippen LogP contribution < -0.4 is 19.7 Å². The lowest BCUT2D eigenvalue weighted by Crippen LogP contribution is -2.34. The molecule has 0 atom stereocenters. The Kier molecular flexibility index (Phi) is 6.61. The van der Waals surface area contributed by atoms with Crippen molar-refractivity contribution in [3.63, 3.8) is 0 Å². The maximum atomic E-state index is 12.7. The molecule has 0 unspecified atom stereocenters. The second-order valence-corrected chi connectivity index (χ2v) is 7.49. The van der Waals surface area contributed by atoms with Crippen molar-refractivity contribution in [3.05, 3.63) is 52.4 Å². The number of urea groups is 1. The number of aryl methyl sites for hydroxylation is 1. The average molecular weight is 432 g/mol. The molecule has 1 N–H and O–H groups in total. The number of benzene rings is 2. The van der Waals surface area contributed by atoms with Crippen molar-refractivity contribution >= 4 is 39.8 Å². The van der Waals surface area contributed by atoms with Crippen LogP contribution in [0, 0.1) is 6.92 Å². The number of carbonyl (C=O) groups excluding carboxylic acids is 1. The van der Waals surface area contributed by atoms with Gasteiger partial charge in [0.2, 0.25) is 0 Å². The maximum Gasteiger partial charge on any atom is 0.328 e. The predicted molar refractivity (Wildman–Crippen MR) is 119 cm³/mol. The van der Waals surface area contributed by atoms with Gasteiger partial charge in [-0.3, -0.25) is 4.90 Å². The van der Waals surface area contributed by atoms with E-state index in [9.17, 15) is 4.79 Å². The summed E-state index contributed by atoms with van der Waals surface area (Å²) >= 11 is 7.31. The van der Waals surface area contributed by atoms with Crippen LogP contribution in [0.1, 0.15) is 12.5 Å². The standard InChI is InChI=1S/C21H22ClN3O3S/c1-5-25(20(26)23-15-8-6-14(22)7-9-15)21-24-17(12-29-21)16-11-19(28-4)18(27-3)10-13(16)2/h6-12H,5H2,1-4H3,(H,23,26). The summed E-state index contributed by atoms with van der Waals surface area (Å²) in [5.74, 6) is 1.30. The quantitative estimate of drug-likeness (QED) is 0.531. The number of methoxy groups -OCH3 is 2. The zero-order valence-electron chi connectivity index (χ0n) is 16.7. The minimum Gasteiger partial charge on any atom is -0.493 e. The van der Waals surface area contributed by atoms with Gasteiger partial charge >= 0.3 is 6.03 Å². The van der Waals surface area contributed by atoms with Gasteiger partial charge in [-0.1, -0.05) is 11.6 Å². The highest BCUT2D eigenvalue weighted by Gasteiger charge is 2.19. The molecular formula is C21H22ClN3O3S. The van der Waals surface area contributed by atoms with E-state index in [-0.39, 0.29) is 6.03 Å². The number of nitrogens with one attached hydrogen (secondary N) is 1. The van der Waals surface area contributed by atoms with Gasteiger partial charge in [0.25, 0.3) is 0 Å². The first-order chi connectivity index (χ1) is 14.0. The van der Waals surface area contributed by atoms with Crippen molar-refractivity contribution in [2.45, 2.75) is 13.8 Å². The van der Waals surface area contributed by atoms with Gasteiger partial charge < -0.3 is 14.8 Å². The van der Waals surface area contributed by atoms with Gasteiger partial charge in [0.15, 0.2) is 16.6 Å². The molecule has 0 spiro atoms. The molecule has 0 fully saturated rings. The number of amides is 2. The molecule has 3 rings (SSSR count). The van der Waals surface area contributed by atoms with Crippen molar-refractivity contribution in [2.24, 2.45) is 0 Å². The van der Waals surface area contributed by atoms with Crippen LogP contribution in [0.25, 0.3) is 11.3 Å². The van der Waals surface area contributed by atoms with Crippen LogP contribution in [0.2, 0.25) is 5.02 Å². The SMILES string of the molecule is CCN(C(=O)Nc1ccc(Cl)cc1)c1nc(-c2cc(OC)c(OC)cc2C)cs1. The summed E-state index contributed by atoms with van der Waals surface area (Å²) in [4.78, 5) is 19.0. The maximum absolute atomic E-state index is 12.7. The molecule has 0 aliphatic carbocycles. The molecule has 152 valence electrons. The average Bonchev–Trinajstić information content (AvgIpc) is 3.19. The third kappa shape index (κ3) is 4.63. The first-order valence-corrected chi connectivity index (χ1v) is 10.2. The number of hydrogen-bond acceptors (Lipinski definition) is 5. The van der Waals surface area contributed by atoms with Gasteiger partial charge in [0.05, 0.1) is 19.9 Å². The Bertz CT molecular complexity index is 1000. The summed E-state index contributed by atoms with van der Waals surface area (Å²) < 4.78 is 10.8. The second kappa shape index (κ2) is 9.15. The zero-order chi connectivity index (χ0) is 21.0. The molecule has 3 aromatic rings. The number of hydrogen-bond donors (Lipinski definition) is 1. The number of nitrogens with zero attached hydrogens (tertiary/aromatic N) is 2. The highest BCUT2D eigenvalue weighted by Crippen LogP contribution is 2.37. The molecule has 0 saturated heterocycles. The van der Waals surface area contributed by atoms with Gasteiger partial charge in [-0.25, -0.2) is 9.78 Å². The smallest absolute Gasteiger partial charge is 0.328 e. The van der Waals surface area contributed by atoms with Crippen LogP contribution in [0.5, 0.6) is 11.5 Å². The Hall–Kier alpha value is -2.77. The third-order valence-corrected chi connectivity index (χ3v) is 5.50. The lowest BCUT2D eigenvalue weighted by Gasteiger charge is -2.18. The predicted octanol–water partition coefficient (Wildman–Crippen LogP) is 5.85. The topological polar surface area (TPSA) is 63.7 Å². The molecule has 0 aliphatic rings. The molecule has 2 amide bonds. The van der Waals surface area contributed by atoms with Crippen molar-refractivity contribution in [3.8, 4) is 22.8 Å². The molecule has 0 radical (unpaired) electrons. The highest BCUT2D eigenvalue weighted by molar-refractivity contribution is 7.14. The van der Waals surface area contributed by atoms with E-state index in [4.69, 9.17) is 21.1 Å². The van der Waals surface area contributed by atoms with Crippen molar-refractivity contribution < 1.29 is 14.3 Å². The van der Waals surface area contributed by atoms with Crippen LogP contribution >= 0.6 is 22.9 Å². The summed E-state index contributed by atoms with van der Waals surface area (Å²) in [7, 11) is 3.21. The van der Waals surface area contributed by atoms with E-state index in [1.807, 2.05) is 31.4 Å². The van der Waals surface area contributed by atoms with Crippen LogP contribution in [0.15, 0.2) is 41.8 Å². The summed E-state index contributed by atoms with van der Waals surface area (Å²) in [6.45, 7) is 4.38. The second-order valence-electron chi connectivity index (χ2n) is 6.22. The van der Waals surface area contributed by atoms with E-state index in [0.29, 0.717) is 33.9 Å². The Morgan fingerprint density at radius 2 is 1.83 bits per heavy atom. The zero-order valence-corrected chi connectivity index (χ0v) is 18.2. The number of carbonyl (C=O) groups is 1. The van der Waals surface area contributed by atoms with Gasteiger partial charge in [-0.05, 0) is 55.8 Å². The number of ether oxygens (including phenoxy) is 2. The summed E-state index contributed by atoms with van der Waals surface area (Å²) in [6, 6.07) is 10.5. The van der Waals surface area contributed by atoms with E-state index in [0.717, 1.165) is 16.8 Å². The van der Waals surface area contributed by atoms with E-state index in [1.54, 1.807) is 43.4 Å². The van der Waals surface area contributed by atoms with Crippen molar-refractivity contribution in [1.82, 2.24) is 4.98 Å². The Balaban J connectivity index is 1.85. The molecule has 0 bridgehead atoms. The van der Waals surface area contributed by atoms with Crippen LogP contribution in [-0.4, -0.2) is 31.8 Å². The van der Waals surface area contributed by atoms with E-state index in [2.05, 4.69) is 10.3 Å². The van der Waals surface area contributed by atoms with Crippen molar-refractivity contribution in [2.75, 3.05) is 31.0 Å². The highest BCUT2D eigenvalue weighted by atomic mass is 35.5. The van der Waals surface area contributed by atoms with E-state index >= 15 is 0 Å². The number of rotatable bonds is 6. The third-order valence-electron chi connectivity index (χ3n) is 4.39. The molecule has 29 heavy (non-hydrogen) atoms. The Labute approximate surface area is 179 Å². The normalized spacial score (nSPS) is 10.5. The van der Waals surface area contributed by atoms with Gasteiger partial charge in [-0.2, -0.15) is 0 Å². The first-order valence-electron chi connectivity index (χ1n) is 8.99. The van der Waals surface area contributed by atoms with Crippen molar-refractivity contribution in [1.29, 1.82) is 0 Å². The van der Waals surface area contributed by atoms with Crippen LogP contribution in [0.4, 0.5) is 15.6 Å².